The number of hydrogen-bond donors (Lipinski definition) is 1. The predicted molar refractivity (Wildman–Crippen MR) is 93.6 cm³/mol. The topological polar surface area (TPSA) is 76.6 Å². The van der Waals surface area contributed by atoms with Crippen LogP contribution in [-0.2, 0) is 16.1 Å². The zero-order valence-electron chi connectivity index (χ0n) is 14.3. The SMILES string of the molecule is Cc1cc(N2CCOCC2)nc(CNC(=O)COc2ccccc2)n1. The number of benzene rings is 1. The molecular weight excluding hydrogens is 320 g/mol. The van der Waals surface area contributed by atoms with E-state index in [0.29, 0.717) is 24.8 Å². The maximum atomic E-state index is 11.9. The minimum Gasteiger partial charge on any atom is -0.484 e. The van der Waals surface area contributed by atoms with Gasteiger partial charge in [-0.3, -0.25) is 4.79 Å². The van der Waals surface area contributed by atoms with Gasteiger partial charge in [-0.25, -0.2) is 9.97 Å². The number of aromatic nitrogens is 2. The number of aryl methyl sites for hydroxylation is 1. The molecule has 1 aromatic carbocycles. The quantitative estimate of drug-likeness (QED) is 0.853. The second-order valence-electron chi connectivity index (χ2n) is 5.76. The third-order valence-electron chi connectivity index (χ3n) is 3.78. The molecule has 0 unspecified atom stereocenters. The van der Waals surface area contributed by atoms with E-state index in [2.05, 4.69) is 20.2 Å². The van der Waals surface area contributed by atoms with E-state index >= 15 is 0 Å². The summed E-state index contributed by atoms with van der Waals surface area (Å²) in [5.74, 6) is 1.93. The van der Waals surface area contributed by atoms with Crippen LogP contribution >= 0.6 is 0 Å². The molecule has 25 heavy (non-hydrogen) atoms. The smallest absolute Gasteiger partial charge is 0.258 e. The van der Waals surface area contributed by atoms with Gasteiger partial charge in [-0.05, 0) is 19.1 Å². The summed E-state index contributed by atoms with van der Waals surface area (Å²) in [5.41, 5.74) is 0.876. The van der Waals surface area contributed by atoms with Gasteiger partial charge in [0.1, 0.15) is 17.4 Å². The van der Waals surface area contributed by atoms with Crippen LogP contribution in [0.25, 0.3) is 0 Å². The second kappa shape index (κ2) is 8.43. The summed E-state index contributed by atoms with van der Waals surface area (Å²) in [4.78, 5) is 23.1. The molecule has 1 N–H and O–H groups in total. The molecule has 7 heteroatoms. The summed E-state index contributed by atoms with van der Waals surface area (Å²) in [6.45, 7) is 5.19. The Balaban J connectivity index is 1.53. The van der Waals surface area contributed by atoms with Crippen molar-refractivity contribution in [1.82, 2.24) is 15.3 Å². The van der Waals surface area contributed by atoms with Crippen molar-refractivity contribution in [2.24, 2.45) is 0 Å². The molecule has 0 spiro atoms. The van der Waals surface area contributed by atoms with Crippen LogP contribution in [0.3, 0.4) is 0 Å². The van der Waals surface area contributed by atoms with Crippen molar-refractivity contribution in [1.29, 1.82) is 0 Å². The van der Waals surface area contributed by atoms with Crippen molar-refractivity contribution in [3.8, 4) is 5.75 Å². The Kier molecular flexibility index (Phi) is 5.79. The summed E-state index contributed by atoms with van der Waals surface area (Å²) in [7, 11) is 0. The lowest BCUT2D eigenvalue weighted by Crippen LogP contribution is -2.37. The number of para-hydroxylation sites is 1. The monoisotopic (exact) mass is 342 g/mol. The van der Waals surface area contributed by atoms with E-state index in [4.69, 9.17) is 9.47 Å². The van der Waals surface area contributed by atoms with E-state index in [1.165, 1.54) is 0 Å². The van der Waals surface area contributed by atoms with Crippen LogP contribution in [0.5, 0.6) is 5.75 Å². The summed E-state index contributed by atoms with van der Waals surface area (Å²) in [6.07, 6.45) is 0. The van der Waals surface area contributed by atoms with Gasteiger partial charge in [-0.2, -0.15) is 0 Å². The molecule has 2 heterocycles. The summed E-state index contributed by atoms with van der Waals surface area (Å²) in [6, 6.07) is 11.2. The van der Waals surface area contributed by atoms with Gasteiger partial charge >= 0.3 is 0 Å². The van der Waals surface area contributed by atoms with E-state index in [-0.39, 0.29) is 19.1 Å². The van der Waals surface area contributed by atoms with Crippen LogP contribution in [0.2, 0.25) is 0 Å². The summed E-state index contributed by atoms with van der Waals surface area (Å²) < 4.78 is 10.8. The molecular formula is C18H22N4O3. The van der Waals surface area contributed by atoms with Crippen LogP contribution in [-0.4, -0.2) is 48.8 Å². The maximum Gasteiger partial charge on any atom is 0.258 e. The highest BCUT2D eigenvalue weighted by molar-refractivity contribution is 5.77. The van der Waals surface area contributed by atoms with Gasteiger partial charge in [0.25, 0.3) is 5.91 Å². The lowest BCUT2D eigenvalue weighted by Gasteiger charge is -2.28. The number of ether oxygens (including phenoxy) is 2. The van der Waals surface area contributed by atoms with Crippen LogP contribution in [0.4, 0.5) is 5.82 Å². The molecule has 1 amide bonds. The van der Waals surface area contributed by atoms with E-state index in [9.17, 15) is 4.79 Å². The fourth-order valence-electron chi connectivity index (χ4n) is 2.54. The summed E-state index contributed by atoms with van der Waals surface area (Å²) in [5, 5.41) is 2.79. The minimum absolute atomic E-state index is 0.0356. The van der Waals surface area contributed by atoms with Crippen molar-refractivity contribution < 1.29 is 14.3 Å². The second-order valence-corrected chi connectivity index (χ2v) is 5.76. The average molecular weight is 342 g/mol. The lowest BCUT2D eigenvalue weighted by molar-refractivity contribution is -0.123. The van der Waals surface area contributed by atoms with Gasteiger partial charge in [0, 0.05) is 24.8 Å². The summed E-state index contributed by atoms with van der Waals surface area (Å²) >= 11 is 0. The van der Waals surface area contributed by atoms with Crippen molar-refractivity contribution in [2.45, 2.75) is 13.5 Å². The fourth-order valence-corrected chi connectivity index (χ4v) is 2.54. The van der Waals surface area contributed by atoms with E-state index in [0.717, 1.165) is 24.6 Å². The third kappa shape index (κ3) is 5.15. The molecule has 1 aliphatic heterocycles. The van der Waals surface area contributed by atoms with Gasteiger partial charge in [0.15, 0.2) is 6.61 Å². The Hall–Kier alpha value is -2.67. The molecule has 3 rings (SSSR count). The normalized spacial score (nSPS) is 14.2. The van der Waals surface area contributed by atoms with Gasteiger partial charge in [-0.1, -0.05) is 18.2 Å². The average Bonchev–Trinajstić information content (AvgIpc) is 2.66. The first-order valence-corrected chi connectivity index (χ1v) is 8.32. The number of nitrogens with zero attached hydrogens (tertiary/aromatic N) is 3. The van der Waals surface area contributed by atoms with Crippen molar-refractivity contribution in [3.63, 3.8) is 0 Å². The van der Waals surface area contributed by atoms with Crippen molar-refractivity contribution in [2.75, 3.05) is 37.8 Å². The number of morpholine rings is 1. The van der Waals surface area contributed by atoms with Gasteiger partial charge < -0.3 is 19.7 Å². The molecule has 132 valence electrons. The highest BCUT2D eigenvalue weighted by Gasteiger charge is 2.14. The Morgan fingerprint density at radius 1 is 1.24 bits per heavy atom. The zero-order chi connectivity index (χ0) is 17.5. The first-order chi connectivity index (χ1) is 12.2. The Morgan fingerprint density at radius 3 is 2.76 bits per heavy atom. The number of anilines is 1. The molecule has 0 aliphatic carbocycles. The minimum atomic E-state index is -0.207. The molecule has 0 atom stereocenters. The Labute approximate surface area is 147 Å². The molecule has 0 radical (unpaired) electrons. The van der Waals surface area contributed by atoms with Gasteiger partial charge in [0.05, 0.1) is 19.8 Å². The van der Waals surface area contributed by atoms with E-state index in [1.807, 2.05) is 43.3 Å². The molecule has 2 aromatic rings. The lowest BCUT2D eigenvalue weighted by atomic mass is 10.3. The number of hydrogen-bond acceptors (Lipinski definition) is 6. The largest absolute Gasteiger partial charge is 0.484 e. The van der Waals surface area contributed by atoms with Crippen LogP contribution < -0.4 is 15.0 Å². The molecule has 1 aliphatic rings. The third-order valence-corrected chi connectivity index (χ3v) is 3.78. The van der Waals surface area contributed by atoms with E-state index in [1.54, 1.807) is 0 Å². The van der Waals surface area contributed by atoms with Gasteiger partial charge in [-0.15, -0.1) is 0 Å². The highest BCUT2D eigenvalue weighted by Crippen LogP contribution is 2.14. The Morgan fingerprint density at radius 2 is 2.00 bits per heavy atom. The number of amides is 1. The molecule has 7 nitrogen and oxygen atoms in total. The van der Waals surface area contributed by atoms with Crippen molar-refractivity contribution >= 4 is 11.7 Å². The molecule has 0 saturated carbocycles. The molecule has 1 fully saturated rings. The van der Waals surface area contributed by atoms with E-state index < -0.39 is 0 Å². The number of carbonyl (C=O) groups excluding carboxylic acids is 1. The zero-order valence-corrected chi connectivity index (χ0v) is 14.3. The molecule has 0 bridgehead atoms. The van der Waals surface area contributed by atoms with Crippen LogP contribution in [0.1, 0.15) is 11.5 Å². The number of carbonyl (C=O) groups is 1. The molecule has 1 aromatic heterocycles. The first kappa shape index (κ1) is 17.2. The van der Waals surface area contributed by atoms with Crippen molar-refractivity contribution in [3.05, 3.63) is 47.9 Å². The fraction of sp³-hybridized carbons (Fsp3) is 0.389. The predicted octanol–water partition coefficient (Wildman–Crippen LogP) is 1.32. The molecule has 1 saturated heterocycles. The van der Waals surface area contributed by atoms with Crippen LogP contribution in [0, 0.1) is 6.92 Å². The standard InChI is InChI=1S/C18H22N4O3/c1-14-11-17(22-7-9-24-10-8-22)21-16(20-14)12-19-18(23)13-25-15-5-3-2-4-6-15/h2-6,11H,7-10,12-13H2,1H3,(H,19,23). The highest BCUT2D eigenvalue weighted by atomic mass is 16.5. The van der Waals surface area contributed by atoms with Crippen LogP contribution in [0.15, 0.2) is 36.4 Å². The first-order valence-electron chi connectivity index (χ1n) is 8.32. The number of rotatable bonds is 6. The number of nitrogens with one attached hydrogen (secondary N) is 1. The maximum absolute atomic E-state index is 11.9. The van der Waals surface area contributed by atoms with Gasteiger partial charge in [0.2, 0.25) is 0 Å². The Bertz CT molecular complexity index is 703.